The highest BCUT2D eigenvalue weighted by Gasteiger charge is 2.23. The number of nitrogens with zero attached hydrogens (tertiary/aromatic N) is 3. The second kappa shape index (κ2) is 7.96. The summed E-state index contributed by atoms with van der Waals surface area (Å²) in [6.45, 7) is 12.6. The van der Waals surface area contributed by atoms with Gasteiger partial charge >= 0.3 is 0 Å². The number of likely N-dealkylation sites (tertiary alicyclic amines) is 1. The van der Waals surface area contributed by atoms with E-state index in [1.165, 1.54) is 19.4 Å². The van der Waals surface area contributed by atoms with Gasteiger partial charge in [-0.15, -0.1) is 0 Å². The third-order valence-corrected chi connectivity index (χ3v) is 4.58. The highest BCUT2D eigenvalue weighted by molar-refractivity contribution is 5.73. The number of rotatable bonds is 6. The van der Waals surface area contributed by atoms with Crippen LogP contribution in [0.3, 0.4) is 0 Å². The van der Waals surface area contributed by atoms with Crippen LogP contribution >= 0.6 is 0 Å². The van der Waals surface area contributed by atoms with E-state index < -0.39 is 0 Å². The average Bonchev–Trinajstić information content (AvgIpc) is 2.91. The summed E-state index contributed by atoms with van der Waals surface area (Å²) in [5.74, 6) is 0.196. The molecule has 0 saturated carbocycles. The molecule has 0 N–H and O–H groups in total. The zero-order chi connectivity index (χ0) is 14.4. The first kappa shape index (κ1) is 15.7. The normalized spacial score (nSPS) is 25.3. The van der Waals surface area contributed by atoms with Gasteiger partial charge in [0.25, 0.3) is 0 Å². The maximum Gasteiger partial charge on any atom is 0.219 e. The highest BCUT2D eigenvalue weighted by Crippen LogP contribution is 2.16. The fourth-order valence-electron chi connectivity index (χ4n) is 3.20. The number of carbonyl (C=O) groups excluding carboxylic acids is 1. The summed E-state index contributed by atoms with van der Waals surface area (Å²) >= 11 is 0. The Balaban J connectivity index is 1.55. The van der Waals surface area contributed by atoms with E-state index >= 15 is 0 Å². The van der Waals surface area contributed by atoms with Crippen LogP contribution in [0.15, 0.2) is 0 Å². The Morgan fingerprint density at radius 1 is 1.20 bits per heavy atom. The van der Waals surface area contributed by atoms with Crippen molar-refractivity contribution >= 4 is 5.91 Å². The third-order valence-electron chi connectivity index (χ3n) is 4.58. The Labute approximate surface area is 122 Å². The molecule has 2 aliphatic heterocycles. The second-order valence-corrected chi connectivity index (χ2v) is 5.85. The summed E-state index contributed by atoms with van der Waals surface area (Å²) in [7, 11) is 0. The van der Waals surface area contributed by atoms with E-state index in [2.05, 4.69) is 16.7 Å². The van der Waals surface area contributed by atoms with Gasteiger partial charge in [0.2, 0.25) is 5.91 Å². The van der Waals surface area contributed by atoms with E-state index in [0.29, 0.717) is 6.04 Å². The molecule has 2 rings (SSSR count). The summed E-state index contributed by atoms with van der Waals surface area (Å²) in [6, 6.07) is 0.634. The summed E-state index contributed by atoms with van der Waals surface area (Å²) < 4.78 is 5.86. The molecule has 116 valence electrons. The molecule has 0 radical (unpaired) electrons. The van der Waals surface area contributed by atoms with Crippen LogP contribution in [0.1, 0.15) is 26.7 Å². The molecule has 0 aromatic carbocycles. The van der Waals surface area contributed by atoms with Crippen molar-refractivity contribution in [3.05, 3.63) is 0 Å². The van der Waals surface area contributed by atoms with Gasteiger partial charge in [-0.2, -0.15) is 0 Å². The van der Waals surface area contributed by atoms with Crippen molar-refractivity contribution in [1.29, 1.82) is 0 Å². The van der Waals surface area contributed by atoms with Gasteiger partial charge < -0.3 is 9.64 Å². The van der Waals surface area contributed by atoms with Crippen LogP contribution in [0.2, 0.25) is 0 Å². The first-order valence-corrected chi connectivity index (χ1v) is 8.00. The Morgan fingerprint density at radius 2 is 1.95 bits per heavy atom. The molecule has 5 nitrogen and oxygen atoms in total. The van der Waals surface area contributed by atoms with Crippen LogP contribution in [0.4, 0.5) is 0 Å². The number of hydrogen-bond donors (Lipinski definition) is 0. The van der Waals surface area contributed by atoms with Gasteiger partial charge in [0, 0.05) is 45.7 Å². The number of ether oxygens (including phenoxy) is 1. The van der Waals surface area contributed by atoms with Crippen molar-refractivity contribution in [2.24, 2.45) is 0 Å². The van der Waals surface area contributed by atoms with E-state index in [-0.39, 0.29) is 5.91 Å². The number of hydrogen-bond acceptors (Lipinski definition) is 4. The van der Waals surface area contributed by atoms with Crippen molar-refractivity contribution in [2.75, 3.05) is 59.0 Å². The van der Waals surface area contributed by atoms with Gasteiger partial charge in [0.05, 0.1) is 13.2 Å². The molecule has 2 aliphatic rings. The monoisotopic (exact) mass is 283 g/mol. The van der Waals surface area contributed by atoms with Crippen LogP contribution in [-0.2, 0) is 9.53 Å². The van der Waals surface area contributed by atoms with Crippen LogP contribution < -0.4 is 0 Å². The molecule has 1 amide bonds. The number of carbonyl (C=O) groups is 1. The molecule has 0 aliphatic carbocycles. The molecular weight excluding hydrogens is 254 g/mol. The molecule has 2 heterocycles. The van der Waals surface area contributed by atoms with Gasteiger partial charge in [-0.25, -0.2) is 0 Å². The summed E-state index contributed by atoms with van der Waals surface area (Å²) in [5.41, 5.74) is 0. The molecule has 20 heavy (non-hydrogen) atoms. The Bertz CT molecular complexity index is 303. The Morgan fingerprint density at radius 3 is 2.60 bits per heavy atom. The molecule has 2 fully saturated rings. The van der Waals surface area contributed by atoms with Crippen LogP contribution in [0.5, 0.6) is 0 Å². The van der Waals surface area contributed by atoms with E-state index in [9.17, 15) is 4.79 Å². The maximum atomic E-state index is 11.3. The average molecular weight is 283 g/mol. The molecule has 0 unspecified atom stereocenters. The Hall–Kier alpha value is -0.650. The molecule has 5 heteroatoms. The van der Waals surface area contributed by atoms with Crippen LogP contribution in [0.25, 0.3) is 0 Å². The van der Waals surface area contributed by atoms with Gasteiger partial charge in [0.1, 0.15) is 0 Å². The highest BCUT2D eigenvalue weighted by atomic mass is 16.5. The third kappa shape index (κ3) is 4.43. The van der Waals surface area contributed by atoms with E-state index in [1.54, 1.807) is 6.92 Å². The molecule has 0 aromatic rings. The van der Waals surface area contributed by atoms with Crippen molar-refractivity contribution < 1.29 is 9.53 Å². The molecule has 2 saturated heterocycles. The second-order valence-electron chi connectivity index (χ2n) is 5.85. The standard InChI is InChI=1S/C15H29N3O2/c1-3-17-6-4-5-15(17)13-20-12-11-16-7-9-18(10-8-16)14(2)19/h15H,3-13H2,1-2H3/t15-/m1/s1. The van der Waals surface area contributed by atoms with Crippen LogP contribution in [-0.4, -0.2) is 85.7 Å². The minimum atomic E-state index is 0.196. The maximum absolute atomic E-state index is 11.3. The van der Waals surface area contributed by atoms with E-state index in [1.807, 2.05) is 4.90 Å². The molecule has 0 aromatic heterocycles. The Kier molecular flexibility index (Phi) is 6.26. The SMILES string of the molecule is CCN1CCC[C@@H]1COCCN1CCN(C(C)=O)CC1. The lowest BCUT2D eigenvalue weighted by molar-refractivity contribution is -0.130. The van der Waals surface area contributed by atoms with Crippen molar-refractivity contribution in [1.82, 2.24) is 14.7 Å². The van der Waals surface area contributed by atoms with Gasteiger partial charge in [-0.3, -0.25) is 14.6 Å². The minimum absolute atomic E-state index is 0.196. The molecular formula is C15H29N3O2. The van der Waals surface area contributed by atoms with Gasteiger partial charge in [0.15, 0.2) is 0 Å². The summed E-state index contributed by atoms with van der Waals surface area (Å²) in [5, 5.41) is 0. The lowest BCUT2D eigenvalue weighted by Crippen LogP contribution is -2.48. The predicted octanol–water partition coefficient (Wildman–Crippen LogP) is 0.651. The first-order chi connectivity index (χ1) is 9.70. The van der Waals surface area contributed by atoms with Crippen LogP contribution in [0, 0.1) is 0 Å². The zero-order valence-electron chi connectivity index (χ0n) is 13.0. The van der Waals surface area contributed by atoms with Crippen molar-refractivity contribution in [3.8, 4) is 0 Å². The zero-order valence-corrected chi connectivity index (χ0v) is 13.0. The number of likely N-dealkylation sites (N-methyl/N-ethyl adjacent to an activating group) is 1. The largest absolute Gasteiger partial charge is 0.378 e. The minimum Gasteiger partial charge on any atom is -0.378 e. The van der Waals surface area contributed by atoms with E-state index in [4.69, 9.17) is 4.74 Å². The molecule has 0 bridgehead atoms. The van der Waals surface area contributed by atoms with E-state index in [0.717, 1.165) is 52.5 Å². The summed E-state index contributed by atoms with van der Waals surface area (Å²) in [6.07, 6.45) is 2.60. The lowest BCUT2D eigenvalue weighted by Gasteiger charge is -2.34. The molecule has 0 spiro atoms. The number of amides is 1. The first-order valence-electron chi connectivity index (χ1n) is 8.00. The number of piperazine rings is 1. The fraction of sp³-hybridized carbons (Fsp3) is 0.933. The lowest BCUT2D eigenvalue weighted by atomic mass is 10.2. The summed E-state index contributed by atoms with van der Waals surface area (Å²) in [4.78, 5) is 18.1. The smallest absolute Gasteiger partial charge is 0.219 e. The predicted molar refractivity (Wildman–Crippen MR) is 79.8 cm³/mol. The quantitative estimate of drug-likeness (QED) is 0.671. The fourth-order valence-corrected chi connectivity index (χ4v) is 3.20. The molecule has 1 atom stereocenters. The van der Waals surface area contributed by atoms with Crippen molar-refractivity contribution in [2.45, 2.75) is 32.7 Å². The van der Waals surface area contributed by atoms with Gasteiger partial charge in [-0.1, -0.05) is 6.92 Å². The van der Waals surface area contributed by atoms with Crippen molar-refractivity contribution in [3.63, 3.8) is 0 Å². The van der Waals surface area contributed by atoms with Gasteiger partial charge in [-0.05, 0) is 25.9 Å². The topological polar surface area (TPSA) is 36.0 Å².